The number of fused-ring (bicyclic) bond motifs is 1. The Bertz CT molecular complexity index is 1100. The molecule has 27 heavy (non-hydrogen) atoms. The number of allylic oxidation sites excluding steroid dienone is 1. The van der Waals surface area contributed by atoms with Crippen LogP contribution in [-0.4, -0.2) is 0 Å². The van der Waals surface area contributed by atoms with E-state index in [1.165, 1.54) is 30.3 Å². The average molecular weight is 372 g/mol. The zero-order valence-corrected chi connectivity index (χ0v) is 14.1. The molecule has 136 valence electrons. The van der Waals surface area contributed by atoms with Gasteiger partial charge in [0, 0.05) is 16.5 Å². The highest BCUT2D eigenvalue weighted by atomic mass is 19.2. The molecule has 0 fully saturated rings. The van der Waals surface area contributed by atoms with Gasteiger partial charge in [0.05, 0.1) is 5.56 Å². The standard InChI is InChI=1S/C22H13F5/c1-2-3-4-17-19(24)12-15(20(25)22(17)27)7-5-13-6-9-16-14(11-13)8-10-18(23)21(16)26/h2,6,8-12H,1,3-4H2. The zero-order chi connectivity index (χ0) is 19.6. The van der Waals surface area contributed by atoms with Crippen LogP contribution in [0, 0.1) is 40.9 Å². The van der Waals surface area contributed by atoms with Gasteiger partial charge in [-0.05, 0) is 42.5 Å². The first-order valence-electron chi connectivity index (χ1n) is 8.09. The van der Waals surface area contributed by atoms with Crippen molar-refractivity contribution < 1.29 is 22.0 Å². The molecular weight excluding hydrogens is 359 g/mol. The Kier molecular flexibility index (Phi) is 5.27. The van der Waals surface area contributed by atoms with E-state index in [4.69, 9.17) is 0 Å². The summed E-state index contributed by atoms with van der Waals surface area (Å²) in [4.78, 5) is 0. The van der Waals surface area contributed by atoms with E-state index in [0.717, 1.165) is 12.1 Å². The van der Waals surface area contributed by atoms with E-state index in [-0.39, 0.29) is 17.4 Å². The van der Waals surface area contributed by atoms with Crippen LogP contribution in [0.5, 0.6) is 0 Å². The molecule has 0 aliphatic rings. The van der Waals surface area contributed by atoms with Crippen molar-refractivity contribution in [1.29, 1.82) is 0 Å². The summed E-state index contributed by atoms with van der Waals surface area (Å²) in [5, 5.41) is 0.480. The van der Waals surface area contributed by atoms with Gasteiger partial charge in [0.1, 0.15) is 5.82 Å². The monoisotopic (exact) mass is 372 g/mol. The van der Waals surface area contributed by atoms with Crippen LogP contribution >= 0.6 is 0 Å². The molecule has 5 heteroatoms. The number of rotatable bonds is 3. The summed E-state index contributed by atoms with van der Waals surface area (Å²) < 4.78 is 69.2. The Morgan fingerprint density at radius 2 is 1.59 bits per heavy atom. The minimum Gasteiger partial charge on any atom is -0.207 e. The van der Waals surface area contributed by atoms with Crippen LogP contribution in [0.3, 0.4) is 0 Å². The highest BCUT2D eigenvalue weighted by Crippen LogP contribution is 2.23. The topological polar surface area (TPSA) is 0 Å². The second kappa shape index (κ2) is 7.63. The number of hydrogen-bond donors (Lipinski definition) is 0. The van der Waals surface area contributed by atoms with E-state index in [1.54, 1.807) is 0 Å². The minimum absolute atomic E-state index is 0.00140. The Labute approximate surface area is 152 Å². The van der Waals surface area contributed by atoms with E-state index in [1.807, 2.05) is 0 Å². The molecule has 0 N–H and O–H groups in total. The largest absolute Gasteiger partial charge is 0.207 e. The van der Waals surface area contributed by atoms with Gasteiger partial charge in [-0.2, -0.15) is 0 Å². The molecular formula is C22H13F5. The predicted octanol–water partition coefficient (Wildman–Crippen LogP) is 6.05. The molecule has 3 aromatic carbocycles. The molecule has 0 saturated heterocycles. The maximum atomic E-state index is 14.2. The molecule has 0 bridgehead atoms. The van der Waals surface area contributed by atoms with Gasteiger partial charge in [-0.1, -0.05) is 30.0 Å². The normalized spacial score (nSPS) is 10.6. The van der Waals surface area contributed by atoms with Crippen LogP contribution in [0.2, 0.25) is 0 Å². The lowest BCUT2D eigenvalue weighted by molar-refractivity contribution is 0.477. The van der Waals surface area contributed by atoms with Gasteiger partial charge in [0.25, 0.3) is 0 Å². The summed E-state index contributed by atoms with van der Waals surface area (Å²) in [7, 11) is 0. The summed E-state index contributed by atoms with van der Waals surface area (Å²) in [6.45, 7) is 3.46. The van der Waals surface area contributed by atoms with Gasteiger partial charge in [0.2, 0.25) is 0 Å². The third kappa shape index (κ3) is 3.70. The molecule has 0 amide bonds. The lowest BCUT2D eigenvalue weighted by atomic mass is 10.0. The number of halogens is 5. The Balaban J connectivity index is 1.99. The van der Waals surface area contributed by atoms with E-state index in [2.05, 4.69) is 18.4 Å². The van der Waals surface area contributed by atoms with Gasteiger partial charge in [0.15, 0.2) is 23.3 Å². The fourth-order valence-corrected chi connectivity index (χ4v) is 2.68. The second-order valence-electron chi connectivity index (χ2n) is 5.89. The van der Waals surface area contributed by atoms with E-state index in [0.29, 0.717) is 17.4 Å². The first-order chi connectivity index (χ1) is 12.9. The van der Waals surface area contributed by atoms with Gasteiger partial charge in [-0.3, -0.25) is 0 Å². The van der Waals surface area contributed by atoms with Crippen LogP contribution in [0.4, 0.5) is 22.0 Å². The molecule has 0 saturated carbocycles. The summed E-state index contributed by atoms with van der Waals surface area (Å²) >= 11 is 0. The van der Waals surface area contributed by atoms with E-state index >= 15 is 0 Å². The third-order valence-electron chi connectivity index (χ3n) is 4.10. The Morgan fingerprint density at radius 3 is 2.33 bits per heavy atom. The molecule has 0 atom stereocenters. The maximum Gasteiger partial charge on any atom is 0.174 e. The van der Waals surface area contributed by atoms with Gasteiger partial charge in [-0.25, -0.2) is 22.0 Å². The molecule has 0 heterocycles. The van der Waals surface area contributed by atoms with Crippen LogP contribution < -0.4 is 0 Å². The molecule has 0 unspecified atom stereocenters. The van der Waals surface area contributed by atoms with Crippen molar-refractivity contribution in [3.8, 4) is 11.8 Å². The molecule has 0 aliphatic carbocycles. The van der Waals surface area contributed by atoms with Crippen molar-refractivity contribution in [2.24, 2.45) is 0 Å². The number of hydrogen-bond acceptors (Lipinski definition) is 0. The summed E-state index contributed by atoms with van der Waals surface area (Å²) in [5.74, 6) is -0.330. The average Bonchev–Trinajstić information content (AvgIpc) is 2.66. The number of benzene rings is 3. The summed E-state index contributed by atoms with van der Waals surface area (Å²) in [5.41, 5.74) is -0.400. The Morgan fingerprint density at radius 1 is 0.815 bits per heavy atom. The highest BCUT2D eigenvalue weighted by Gasteiger charge is 2.17. The molecule has 0 aromatic heterocycles. The van der Waals surface area contributed by atoms with Crippen LogP contribution in [0.1, 0.15) is 23.1 Å². The van der Waals surface area contributed by atoms with Crippen molar-refractivity contribution in [2.45, 2.75) is 12.8 Å². The molecule has 0 nitrogen and oxygen atoms in total. The fourth-order valence-electron chi connectivity index (χ4n) is 2.68. The fraction of sp³-hybridized carbons (Fsp3) is 0.0909. The maximum absolute atomic E-state index is 14.2. The van der Waals surface area contributed by atoms with Crippen molar-refractivity contribution in [3.63, 3.8) is 0 Å². The lowest BCUT2D eigenvalue weighted by Crippen LogP contribution is -2.02. The molecule has 3 rings (SSSR count). The first-order valence-corrected chi connectivity index (χ1v) is 8.09. The van der Waals surface area contributed by atoms with Gasteiger partial charge >= 0.3 is 0 Å². The predicted molar refractivity (Wildman–Crippen MR) is 94.7 cm³/mol. The van der Waals surface area contributed by atoms with Crippen molar-refractivity contribution in [3.05, 3.63) is 94.8 Å². The van der Waals surface area contributed by atoms with E-state index < -0.39 is 34.6 Å². The highest BCUT2D eigenvalue weighted by molar-refractivity contribution is 5.84. The quantitative estimate of drug-likeness (QED) is 0.227. The van der Waals surface area contributed by atoms with Crippen LogP contribution in [-0.2, 0) is 6.42 Å². The van der Waals surface area contributed by atoms with Gasteiger partial charge < -0.3 is 0 Å². The van der Waals surface area contributed by atoms with Crippen molar-refractivity contribution >= 4 is 10.8 Å². The molecule has 0 spiro atoms. The van der Waals surface area contributed by atoms with Crippen molar-refractivity contribution in [2.75, 3.05) is 0 Å². The zero-order valence-electron chi connectivity index (χ0n) is 14.1. The van der Waals surface area contributed by atoms with Gasteiger partial charge in [-0.15, -0.1) is 6.58 Å². The smallest absolute Gasteiger partial charge is 0.174 e. The second-order valence-corrected chi connectivity index (χ2v) is 5.89. The molecule has 3 aromatic rings. The van der Waals surface area contributed by atoms with Crippen molar-refractivity contribution in [1.82, 2.24) is 0 Å². The SMILES string of the molecule is C=CCCc1c(F)cc(C#Cc2ccc3c(F)c(F)ccc3c2)c(F)c1F. The summed E-state index contributed by atoms with van der Waals surface area (Å²) in [6, 6.07) is 7.46. The minimum atomic E-state index is -1.27. The Hall–Kier alpha value is -3.13. The van der Waals surface area contributed by atoms with E-state index in [9.17, 15) is 22.0 Å². The summed E-state index contributed by atoms with van der Waals surface area (Å²) in [6.07, 6.45) is 1.80. The van der Waals surface area contributed by atoms with Crippen LogP contribution in [0.25, 0.3) is 10.8 Å². The lowest BCUT2D eigenvalue weighted by Gasteiger charge is -2.06. The molecule has 0 aliphatic heterocycles. The third-order valence-corrected chi connectivity index (χ3v) is 4.10. The molecule has 0 radical (unpaired) electrons. The van der Waals surface area contributed by atoms with Crippen LogP contribution in [0.15, 0.2) is 49.1 Å². The first kappa shape index (κ1) is 18.7.